The topological polar surface area (TPSA) is 173 Å². The fourth-order valence-corrected chi connectivity index (χ4v) is 8.61. The molecule has 1 spiro atoms. The molecule has 6 heterocycles. The fourth-order valence-electron chi connectivity index (χ4n) is 8.38. The summed E-state index contributed by atoms with van der Waals surface area (Å²) in [7, 11) is 0. The van der Waals surface area contributed by atoms with E-state index in [1.807, 2.05) is 26.0 Å². The van der Waals surface area contributed by atoms with E-state index in [2.05, 4.69) is 20.2 Å². The highest BCUT2D eigenvalue weighted by Gasteiger charge is 2.49. The van der Waals surface area contributed by atoms with E-state index in [1.165, 1.54) is 10.8 Å². The summed E-state index contributed by atoms with van der Waals surface area (Å²) >= 11 is 6.20. The van der Waals surface area contributed by atoms with Crippen molar-refractivity contribution in [3.8, 4) is 17.1 Å². The molecule has 19 heteroatoms. The molecule has 1 aromatic carbocycles. The molecular weight excluding hydrogens is 769 g/mol. The van der Waals surface area contributed by atoms with Crippen molar-refractivity contribution in [3.05, 3.63) is 85.9 Å². The van der Waals surface area contributed by atoms with E-state index in [0.29, 0.717) is 68.1 Å². The molecule has 2 fully saturated rings. The summed E-state index contributed by atoms with van der Waals surface area (Å²) in [6, 6.07) is 6.38. The zero-order chi connectivity index (χ0) is 40.4. The molecule has 0 unspecified atom stereocenters. The number of morpholine rings is 1. The minimum atomic E-state index is -4.62. The number of amides is 2. The van der Waals surface area contributed by atoms with Crippen molar-refractivity contribution in [2.75, 3.05) is 49.6 Å². The predicted octanol–water partition coefficient (Wildman–Crippen LogP) is 4.89. The fraction of sp³-hybridized carbons (Fsp3) is 0.421. The number of ether oxygens (including phenoxy) is 1. The van der Waals surface area contributed by atoms with Gasteiger partial charge in [0.1, 0.15) is 18.7 Å². The minimum absolute atomic E-state index is 0.0148. The van der Waals surface area contributed by atoms with Gasteiger partial charge in [0.15, 0.2) is 17.3 Å². The van der Waals surface area contributed by atoms with E-state index in [-0.39, 0.29) is 65.0 Å². The van der Waals surface area contributed by atoms with Crippen LogP contribution in [0.5, 0.6) is 5.75 Å². The van der Waals surface area contributed by atoms with Gasteiger partial charge in [-0.2, -0.15) is 22.7 Å². The maximum absolute atomic E-state index is 14.7. The Kier molecular flexibility index (Phi) is 9.66. The van der Waals surface area contributed by atoms with E-state index < -0.39 is 34.5 Å². The Morgan fingerprint density at radius 3 is 2.46 bits per heavy atom. The van der Waals surface area contributed by atoms with E-state index >= 15 is 0 Å². The van der Waals surface area contributed by atoms with Crippen LogP contribution in [0.2, 0.25) is 5.02 Å². The number of aromatic hydroxyl groups is 1. The van der Waals surface area contributed by atoms with Crippen LogP contribution in [0.15, 0.2) is 41.5 Å². The Labute approximate surface area is 328 Å². The number of fused-ring (bicyclic) bond motifs is 3. The van der Waals surface area contributed by atoms with Crippen LogP contribution in [0.25, 0.3) is 17.2 Å². The van der Waals surface area contributed by atoms with Crippen molar-refractivity contribution in [2.45, 2.75) is 64.1 Å². The lowest BCUT2D eigenvalue weighted by molar-refractivity contribution is -0.137. The van der Waals surface area contributed by atoms with Gasteiger partial charge in [-0.15, -0.1) is 5.10 Å². The van der Waals surface area contributed by atoms with E-state index in [0.717, 1.165) is 24.0 Å². The highest BCUT2D eigenvalue weighted by molar-refractivity contribution is 6.33. The van der Waals surface area contributed by atoms with Gasteiger partial charge in [-0.3, -0.25) is 14.4 Å². The molecule has 2 aliphatic heterocycles. The molecule has 0 saturated carbocycles. The van der Waals surface area contributed by atoms with Crippen molar-refractivity contribution in [1.82, 2.24) is 39.0 Å². The molecule has 5 aromatic rings. The van der Waals surface area contributed by atoms with Gasteiger partial charge in [0.2, 0.25) is 11.7 Å². The highest BCUT2D eigenvalue weighted by atomic mass is 35.5. The van der Waals surface area contributed by atoms with Crippen LogP contribution in [-0.4, -0.2) is 95.3 Å². The van der Waals surface area contributed by atoms with E-state index in [1.54, 1.807) is 16.4 Å². The lowest BCUT2D eigenvalue weighted by Crippen LogP contribution is -2.46. The summed E-state index contributed by atoms with van der Waals surface area (Å²) in [5.74, 6) is -0.503. The average molecular weight is 807 g/mol. The second-order valence-electron chi connectivity index (χ2n) is 14.8. The minimum Gasteiger partial charge on any atom is -0.504 e. The van der Waals surface area contributed by atoms with Crippen molar-refractivity contribution in [2.24, 2.45) is 0 Å². The largest absolute Gasteiger partial charge is 0.504 e. The second kappa shape index (κ2) is 14.4. The molecule has 4 aromatic heterocycles. The molecule has 1 atom stereocenters. The first-order valence-corrected chi connectivity index (χ1v) is 18.8. The molecule has 1 aliphatic carbocycles. The summed E-state index contributed by atoms with van der Waals surface area (Å²) in [6.07, 6.45) is -2.05. The van der Waals surface area contributed by atoms with Crippen LogP contribution in [0.4, 0.5) is 24.7 Å². The molecule has 15 nitrogen and oxygen atoms in total. The average Bonchev–Trinajstić information content (AvgIpc) is 3.75. The van der Waals surface area contributed by atoms with Gasteiger partial charge in [0.25, 0.3) is 11.5 Å². The highest BCUT2D eigenvalue weighted by Crippen LogP contribution is 2.50. The maximum Gasteiger partial charge on any atom is 0.416 e. The number of nitrogens with one attached hydrogen (secondary N) is 1. The van der Waals surface area contributed by atoms with Gasteiger partial charge in [-0.25, -0.2) is 15.0 Å². The molecule has 8 rings (SSSR count). The predicted molar refractivity (Wildman–Crippen MR) is 202 cm³/mol. The smallest absolute Gasteiger partial charge is 0.416 e. The Balaban J connectivity index is 1.18. The van der Waals surface area contributed by atoms with Crippen molar-refractivity contribution >= 4 is 40.7 Å². The number of carbonyl (C=O) groups is 2. The number of halogens is 4. The van der Waals surface area contributed by atoms with Crippen LogP contribution < -0.4 is 15.8 Å². The number of rotatable bonds is 6. The number of likely N-dealkylation sites (tertiary alicyclic amines) is 1. The first-order chi connectivity index (χ1) is 27.1. The van der Waals surface area contributed by atoms with Gasteiger partial charge >= 0.3 is 6.18 Å². The number of hydrogen-bond donors (Lipinski definition) is 2. The third kappa shape index (κ3) is 6.83. The second-order valence-corrected chi connectivity index (χ2v) is 15.2. The zero-order valence-corrected chi connectivity index (χ0v) is 32.0. The number of carbonyl (C=O) groups excluding carboxylic acids is 2. The summed E-state index contributed by atoms with van der Waals surface area (Å²) in [5, 5.41) is 17.5. The lowest BCUT2D eigenvalue weighted by Gasteiger charge is -2.39. The summed E-state index contributed by atoms with van der Waals surface area (Å²) < 4.78 is 48.3. The molecule has 3 aliphatic rings. The SMILES string of the molecule is Cc1nc(N2CCOCC2)ccc1-c1nc2n(CC(=O)Nc3ccc(C(F)(F)F)cc3Cl)c3c(c(=O)n2n1)C1(CCN(C(=O)c2ncnc(C)c2O)CC1)C[C@@H]3C. The number of alkyl halides is 3. The third-order valence-corrected chi connectivity index (χ3v) is 11.5. The first-order valence-electron chi connectivity index (χ1n) is 18.5. The number of benzene rings is 1. The Bertz CT molecular complexity index is 2490. The summed E-state index contributed by atoms with van der Waals surface area (Å²) in [6.45, 7) is 8.08. The summed E-state index contributed by atoms with van der Waals surface area (Å²) in [4.78, 5) is 63.3. The molecule has 0 radical (unpaired) electrons. The zero-order valence-electron chi connectivity index (χ0n) is 31.2. The van der Waals surface area contributed by atoms with Gasteiger partial charge in [0, 0.05) is 48.4 Å². The van der Waals surface area contributed by atoms with Crippen LogP contribution in [0.1, 0.15) is 70.8 Å². The third-order valence-electron chi connectivity index (χ3n) is 11.2. The van der Waals surface area contributed by atoms with Gasteiger partial charge in [-0.1, -0.05) is 18.5 Å². The molecule has 57 heavy (non-hydrogen) atoms. The number of pyridine rings is 1. The van der Waals surface area contributed by atoms with Crippen LogP contribution in [0.3, 0.4) is 0 Å². The molecule has 2 N–H and O–H groups in total. The molecular formula is C38H38ClF3N10O5. The maximum atomic E-state index is 14.7. The molecule has 2 saturated heterocycles. The van der Waals surface area contributed by atoms with Crippen molar-refractivity contribution in [1.29, 1.82) is 0 Å². The molecule has 0 bridgehead atoms. The summed E-state index contributed by atoms with van der Waals surface area (Å²) in [5.41, 5.74) is 0.373. The van der Waals surface area contributed by atoms with Gasteiger partial charge in [-0.05, 0) is 69.4 Å². The quantitative estimate of drug-likeness (QED) is 0.239. The standard InChI is InChI=1S/C38H38ClF3N10O5/c1-20-17-37(8-10-50(11-9-37)35(56)30-32(54)22(3)43-19-44-30)29-31(20)51(18-28(53)46-26-6-4-23(16-25(26)39)38(40,41)42)36-47-33(48-52(36)34(29)55)24-5-7-27(45-21(24)2)49-12-14-57-15-13-49/h4-7,16,19-20,54H,8-15,17-18H2,1-3H3,(H,46,53)/t20-/m0/s1. The van der Waals surface area contributed by atoms with Crippen LogP contribution in [-0.2, 0) is 27.7 Å². The van der Waals surface area contributed by atoms with Gasteiger partial charge in [0.05, 0.1) is 40.9 Å². The van der Waals surface area contributed by atoms with Crippen LogP contribution in [0, 0.1) is 13.8 Å². The Hall–Kier alpha value is -5.62. The number of nitrogens with zero attached hydrogens (tertiary/aromatic N) is 9. The van der Waals surface area contributed by atoms with Gasteiger partial charge < -0.3 is 29.5 Å². The molecule has 2 amide bonds. The van der Waals surface area contributed by atoms with Crippen molar-refractivity contribution in [3.63, 3.8) is 0 Å². The Morgan fingerprint density at radius 1 is 1.04 bits per heavy atom. The van der Waals surface area contributed by atoms with E-state index in [4.69, 9.17) is 31.4 Å². The Morgan fingerprint density at radius 2 is 1.77 bits per heavy atom. The van der Waals surface area contributed by atoms with Crippen LogP contribution >= 0.6 is 11.6 Å². The lowest BCUT2D eigenvalue weighted by atomic mass is 9.73. The normalized spacial score (nSPS) is 18.0. The van der Waals surface area contributed by atoms with Crippen molar-refractivity contribution < 1.29 is 32.6 Å². The number of piperidine rings is 1. The first kappa shape index (κ1) is 38.3. The number of hydrogen-bond acceptors (Lipinski definition) is 11. The number of aromatic nitrogens is 7. The van der Waals surface area contributed by atoms with E-state index in [9.17, 15) is 32.7 Å². The number of aryl methyl sites for hydroxylation is 2. The number of anilines is 2. The molecule has 298 valence electrons. The monoisotopic (exact) mass is 806 g/mol.